The van der Waals surface area contributed by atoms with Gasteiger partial charge < -0.3 is 21.1 Å². The number of hydrogen-bond donors (Lipinski definition) is 3. The van der Waals surface area contributed by atoms with Crippen molar-refractivity contribution in [2.75, 3.05) is 13.2 Å². The van der Waals surface area contributed by atoms with Crippen LogP contribution in [0.4, 0.5) is 4.79 Å². The Labute approximate surface area is 101 Å². The molecule has 4 N–H and O–H groups in total. The fourth-order valence-electron chi connectivity index (χ4n) is 1.81. The Morgan fingerprint density at radius 3 is 2.41 bits per heavy atom. The van der Waals surface area contributed by atoms with E-state index in [1.807, 2.05) is 13.8 Å². The third-order valence-corrected chi connectivity index (χ3v) is 2.84. The summed E-state index contributed by atoms with van der Waals surface area (Å²) in [6.45, 7) is 3.95. The van der Waals surface area contributed by atoms with Crippen molar-refractivity contribution < 1.29 is 14.7 Å². The molecule has 6 nitrogen and oxygen atoms in total. The monoisotopic (exact) mass is 243 g/mol. The Morgan fingerprint density at radius 2 is 2.06 bits per heavy atom. The fourth-order valence-corrected chi connectivity index (χ4v) is 1.81. The number of aliphatic hydroxyl groups is 1. The molecular weight excluding hydrogens is 222 g/mol. The molecule has 3 amide bonds. The van der Waals surface area contributed by atoms with Crippen molar-refractivity contribution in [3.05, 3.63) is 0 Å². The number of nitrogens with zero attached hydrogens (tertiary/aromatic N) is 1. The highest BCUT2D eigenvalue weighted by Crippen LogP contribution is 2.27. The summed E-state index contributed by atoms with van der Waals surface area (Å²) in [5, 5.41) is 11.4. The van der Waals surface area contributed by atoms with E-state index in [4.69, 9.17) is 10.8 Å². The van der Waals surface area contributed by atoms with E-state index in [0.717, 1.165) is 12.8 Å². The van der Waals surface area contributed by atoms with Crippen LogP contribution in [0.15, 0.2) is 0 Å². The van der Waals surface area contributed by atoms with Crippen LogP contribution in [0.5, 0.6) is 0 Å². The van der Waals surface area contributed by atoms with Crippen LogP contribution in [-0.4, -0.2) is 47.2 Å². The van der Waals surface area contributed by atoms with Gasteiger partial charge in [-0.2, -0.15) is 0 Å². The third-order valence-electron chi connectivity index (χ3n) is 2.84. The van der Waals surface area contributed by atoms with Gasteiger partial charge in [-0.05, 0) is 18.8 Å². The average molecular weight is 243 g/mol. The number of aliphatic hydroxyl groups excluding tert-OH is 1. The Balaban J connectivity index is 2.69. The molecule has 1 unspecified atom stereocenters. The summed E-state index contributed by atoms with van der Waals surface area (Å²) in [7, 11) is 0. The largest absolute Gasteiger partial charge is 0.395 e. The molecule has 0 aromatic heterocycles. The van der Waals surface area contributed by atoms with Crippen LogP contribution in [0.25, 0.3) is 0 Å². The molecule has 98 valence electrons. The molecule has 0 aliphatic heterocycles. The quantitative estimate of drug-likeness (QED) is 0.595. The third kappa shape index (κ3) is 3.89. The van der Waals surface area contributed by atoms with Crippen molar-refractivity contribution in [3.63, 3.8) is 0 Å². The van der Waals surface area contributed by atoms with E-state index >= 15 is 0 Å². The first-order valence-electron chi connectivity index (χ1n) is 5.94. The van der Waals surface area contributed by atoms with Crippen molar-refractivity contribution in [2.45, 2.75) is 38.8 Å². The van der Waals surface area contributed by atoms with Crippen molar-refractivity contribution in [3.8, 4) is 0 Å². The second kappa shape index (κ2) is 5.86. The van der Waals surface area contributed by atoms with Gasteiger partial charge >= 0.3 is 6.03 Å². The van der Waals surface area contributed by atoms with Gasteiger partial charge in [-0.1, -0.05) is 13.8 Å². The molecule has 1 fully saturated rings. The maximum atomic E-state index is 12.2. The minimum absolute atomic E-state index is 0.0325. The molecule has 0 bridgehead atoms. The maximum Gasteiger partial charge on any atom is 0.312 e. The van der Waals surface area contributed by atoms with Gasteiger partial charge in [0.1, 0.15) is 6.04 Å². The molecule has 0 radical (unpaired) electrons. The number of urea groups is 1. The minimum Gasteiger partial charge on any atom is -0.395 e. The van der Waals surface area contributed by atoms with Crippen molar-refractivity contribution in [1.29, 1.82) is 0 Å². The van der Waals surface area contributed by atoms with E-state index in [-0.39, 0.29) is 24.5 Å². The van der Waals surface area contributed by atoms with Gasteiger partial charge in [0.2, 0.25) is 5.91 Å². The number of rotatable bonds is 6. The summed E-state index contributed by atoms with van der Waals surface area (Å²) in [4.78, 5) is 24.8. The van der Waals surface area contributed by atoms with Crippen molar-refractivity contribution >= 4 is 11.9 Å². The lowest BCUT2D eigenvalue weighted by Crippen LogP contribution is -2.53. The van der Waals surface area contributed by atoms with Gasteiger partial charge in [0.15, 0.2) is 0 Å². The summed E-state index contributed by atoms with van der Waals surface area (Å²) >= 11 is 0. The highest BCUT2D eigenvalue weighted by Gasteiger charge is 2.36. The van der Waals surface area contributed by atoms with Gasteiger partial charge in [-0.3, -0.25) is 4.79 Å². The Kier molecular flexibility index (Phi) is 4.74. The van der Waals surface area contributed by atoms with Gasteiger partial charge in [0.25, 0.3) is 0 Å². The molecule has 17 heavy (non-hydrogen) atoms. The number of carbonyl (C=O) groups excluding carboxylic acids is 2. The van der Waals surface area contributed by atoms with E-state index < -0.39 is 12.1 Å². The first-order valence-corrected chi connectivity index (χ1v) is 5.94. The lowest BCUT2D eigenvalue weighted by atomic mass is 10.0. The number of nitrogens with two attached hydrogens (primary N) is 1. The lowest BCUT2D eigenvalue weighted by molar-refractivity contribution is -0.135. The molecule has 1 aliphatic carbocycles. The highest BCUT2D eigenvalue weighted by molar-refractivity contribution is 5.87. The van der Waals surface area contributed by atoms with Crippen LogP contribution in [0.1, 0.15) is 26.7 Å². The molecule has 0 spiro atoms. The SMILES string of the molecule is CC(C)C(NC(N)=O)C(=O)N(CCO)C1CC1. The highest BCUT2D eigenvalue weighted by atomic mass is 16.3. The molecule has 0 aromatic rings. The molecule has 0 aromatic carbocycles. The number of primary amides is 1. The zero-order chi connectivity index (χ0) is 13.0. The van der Waals surface area contributed by atoms with Crippen LogP contribution in [-0.2, 0) is 4.79 Å². The maximum absolute atomic E-state index is 12.2. The number of hydrogen-bond acceptors (Lipinski definition) is 3. The molecule has 1 atom stereocenters. The predicted octanol–water partition coefficient (Wildman–Crippen LogP) is -0.337. The van der Waals surface area contributed by atoms with Crippen LogP contribution in [0.2, 0.25) is 0 Å². The standard InChI is InChI=1S/C11H21N3O3/c1-7(2)9(13-11(12)17)10(16)14(5-6-15)8-3-4-8/h7-9,15H,3-6H2,1-2H3,(H3,12,13,17). The summed E-state index contributed by atoms with van der Waals surface area (Å²) in [6.07, 6.45) is 1.93. The average Bonchev–Trinajstić information content (AvgIpc) is 3.04. The lowest BCUT2D eigenvalue weighted by Gasteiger charge is -2.29. The fraction of sp³-hybridized carbons (Fsp3) is 0.818. The Hall–Kier alpha value is -1.30. The van der Waals surface area contributed by atoms with Crippen LogP contribution >= 0.6 is 0 Å². The molecular formula is C11H21N3O3. The Morgan fingerprint density at radius 1 is 1.47 bits per heavy atom. The topological polar surface area (TPSA) is 95.7 Å². The summed E-state index contributed by atoms with van der Waals surface area (Å²) in [5.41, 5.74) is 5.06. The zero-order valence-corrected chi connectivity index (χ0v) is 10.3. The molecule has 0 heterocycles. The van der Waals surface area contributed by atoms with E-state index in [0.29, 0.717) is 6.54 Å². The number of carbonyl (C=O) groups is 2. The van der Waals surface area contributed by atoms with Crippen LogP contribution in [0, 0.1) is 5.92 Å². The number of nitrogens with one attached hydrogen (secondary N) is 1. The Bertz CT molecular complexity index is 290. The molecule has 1 aliphatic rings. The second-order valence-electron chi connectivity index (χ2n) is 4.72. The van der Waals surface area contributed by atoms with Crippen molar-refractivity contribution in [1.82, 2.24) is 10.2 Å². The first-order chi connectivity index (χ1) is 7.97. The molecule has 1 rings (SSSR count). The predicted molar refractivity (Wildman–Crippen MR) is 63.2 cm³/mol. The van der Waals surface area contributed by atoms with Gasteiger partial charge in [-0.25, -0.2) is 4.79 Å². The van der Waals surface area contributed by atoms with E-state index in [9.17, 15) is 9.59 Å². The van der Waals surface area contributed by atoms with Gasteiger partial charge in [0.05, 0.1) is 6.61 Å². The molecule has 6 heteroatoms. The normalized spacial score (nSPS) is 16.7. The molecule has 0 saturated heterocycles. The van der Waals surface area contributed by atoms with Crippen LogP contribution in [0.3, 0.4) is 0 Å². The smallest absolute Gasteiger partial charge is 0.312 e. The molecule has 1 saturated carbocycles. The summed E-state index contributed by atoms with van der Waals surface area (Å²) in [5.74, 6) is -0.190. The first kappa shape index (κ1) is 13.8. The summed E-state index contributed by atoms with van der Waals surface area (Å²) < 4.78 is 0. The van der Waals surface area contributed by atoms with Crippen LogP contribution < -0.4 is 11.1 Å². The summed E-state index contributed by atoms with van der Waals surface area (Å²) in [6, 6.07) is -1.10. The van der Waals surface area contributed by atoms with E-state index in [1.165, 1.54) is 0 Å². The number of amides is 3. The minimum atomic E-state index is -0.697. The van der Waals surface area contributed by atoms with Gasteiger partial charge in [-0.15, -0.1) is 0 Å². The van der Waals surface area contributed by atoms with Gasteiger partial charge in [0, 0.05) is 12.6 Å². The van der Waals surface area contributed by atoms with E-state index in [1.54, 1.807) is 4.90 Å². The zero-order valence-electron chi connectivity index (χ0n) is 10.3. The van der Waals surface area contributed by atoms with Crippen molar-refractivity contribution in [2.24, 2.45) is 11.7 Å². The second-order valence-corrected chi connectivity index (χ2v) is 4.72. The van der Waals surface area contributed by atoms with E-state index in [2.05, 4.69) is 5.32 Å².